The van der Waals surface area contributed by atoms with Gasteiger partial charge in [0, 0.05) is 0 Å². The van der Waals surface area contributed by atoms with E-state index in [4.69, 9.17) is 0 Å². The quantitative estimate of drug-likeness (QED) is 0.839. The molecule has 2 aromatic carbocycles. The lowest BCUT2D eigenvalue weighted by atomic mass is 9.81. The van der Waals surface area contributed by atoms with E-state index in [1.165, 1.54) is 5.56 Å². The third kappa shape index (κ3) is 2.62. The van der Waals surface area contributed by atoms with Gasteiger partial charge in [0.15, 0.2) is 0 Å². The van der Waals surface area contributed by atoms with Gasteiger partial charge in [0.25, 0.3) is 0 Å². The number of hydrogen-bond acceptors (Lipinski definition) is 1. The fourth-order valence-corrected chi connectivity index (χ4v) is 2.23. The lowest BCUT2D eigenvalue weighted by Gasteiger charge is -2.25. The molecular formula is C17H20O. The second kappa shape index (κ2) is 4.95. The molecule has 2 aromatic rings. The van der Waals surface area contributed by atoms with E-state index < -0.39 is 6.10 Å². The SMILES string of the molecule is CC(C)(C)c1ccccc1[C@H](O)c1ccccc1. The minimum absolute atomic E-state index is 0.0341. The Labute approximate surface area is 109 Å². The summed E-state index contributed by atoms with van der Waals surface area (Å²) in [6.07, 6.45) is -0.554. The molecule has 18 heavy (non-hydrogen) atoms. The third-order valence-electron chi connectivity index (χ3n) is 3.18. The molecule has 0 heterocycles. The van der Waals surface area contributed by atoms with Crippen LogP contribution in [0.1, 0.15) is 43.6 Å². The summed E-state index contributed by atoms with van der Waals surface area (Å²) < 4.78 is 0. The van der Waals surface area contributed by atoms with E-state index in [0.29, 0.717) is 0 Å². The van der Waals surface area contributed by atoms with E-state index in [0.717, 1.165) is 11.1 Å². The van der Waals surface area contributed by atoms with Crippen molar-refractivity contribution in [3.63, 3.8) is 0 Å². The standard InChI is InChI=1S/C17H20O/c1-17(2,3)15-12-8-7-11-14(15)16(18)13-9-5-4-6-10-13/h4-12,16,18H,1-3H3/t16-/m1/s1. The predicted octanol–water partition coefficient (Wildman–Crippen LogP) is 4.07. The van der Waals surface area contributed by atoms with E-state index in [1.807, 2.05) is 48.5 Å². The molecule has 1 atom stereocenters. The van der Waals surface area contributed by atoms with Crippen LogP contribution < -0.4 is 0 Å². The maximum absolute atomic E-state index is 10.5. The highest BCUT2D eigenvalue weighted by atomic mass is 16.3. The van der Waals surface area contributed by atoms with Crippen molar-refractivity contribution < 1.29 is 5.11 Å². The predicted molar refractivity (Wildman–Crippen MR) is 75.6 cm³/mol. The molecule has 0 bridgehead atoms. The van der Waals surface area contributed by atoms with Gasteiger partial charge in [-0.05, 0) is 22.1 Å². The molecular weight excluding hydrogens is 220 g/mol. The second-order valence-corrected chi connectivity index (χ2v) is 5.65. The Kier molecular flexibility index (Phi) is 3.53. The van der Waals surface area contributed by atoms with Crippen molar-refractivity contribution in [3.8, 4) is 0 Å². The van der Waals surface area contributed by atoms with Crippen molar-refractivity contribution in [1.82, 2.24) is 0 Å². The summed E-state index contributed by atoms with van der Waals surface area (Å²) in [5.41, 5.74) is 3.17. The van der Waals surface area contributed by atoms with Gasteiger partial charge in [-0.25, -0.2) is 0 Å². The highest BCUT2D eigenvalue weighted by Gasteiger charge is 2.21. The Bertz CT molecular complexity index is 509. The van der Waals surface area contributed by atoms with Crippen molar-refractivity contribution in [1.29, 1.82) is 0 Å². The van der Waals surface area contributed by atoms with Crippen LogP contribution in [0.25, 0.3) is 0 Å². The zero-order valence-corrected chi connectivity index (χ0v) is 11.2. The van der Waals surface area contributed by atoms with Crippen LogP contribution >= 0.6 is 0 Å². The zero-order chi connectivity index (χ0) is 13.2. The van der Waals surface area contributed by atoms with Crippen LogP contribution in [-0.4, -0.2) is 5.11 Å². The summed E-state index contributed by atoms with van der Waals surface area (Å²) in [7, 11) is 0. The first kappa shape index (κ1) is 12.8. The molecule has 0 aromatic heterocycles. The maximum atomic E-state index is 10.5. The van der Waals surface area contributed by atoms with Crippen LogP contribution in [0.2, 0.25) is 0 Å². The number of rotatable bonds is 2. The van der Waals surface area contributed by atoms with Crippen molar-refractivity contribution in [2.45, 2.75) is 32.3 Å². The van der Waals surface area contributed by atoms with Crippen LogP contribution in [0.4, 0.5) is 0 Å². The summed E-state index contributed by atoms with van der Waals surface area (Å²) in [5.74, 6) is 0. The van der Waals surface area contributed by atoms with Gasteiger partial charge in [0.1, 0.15) is 6.10 Å². The minimum atomic E-state index is -0.554. The average molecular weight is 240 g/mol. The summed E-state index contributed by atoms with van der Waals surface area (Å²) in [4.78, 5) is 0. The zero-order valence-electron chi connectivity index (χ0n) is 11.2. The average Bonchev–Trinajstić information content (AvgIpc) is 2.38. The minimum Gasteiger partial charge on any atom is -0.384 e. The van der Waals surface area contributed by atoms with E-state index in [9.17, 15) is 5.11 Å². The normalized spacial score (nSPS) is 13.3. The molecule has 0 unspecified atom stereocenters. The molecule has 2 rings (SSSR count). The van der Waals surface area contributed by atoms with Crippen molar-refractivity contribution in [3.05, 3.63) is 71.3 Å². The monoisotopic (exact) mass is 240 g/mol. The molecule has 1 N–H and O–H groups in total. The molecule has 94 valence electrons. The molecule has 0 aliphatic carbocycles. The smallest absolute Gasteiger partial charge is 0.104 e. The number of hydrogen-bond donors (Lipinski definition) is 1. The van der Waals surface area contributed by atoms with E-state index in [-0.39, 0.29) is 5.41 Å². The summed E-state index contributed by atoms with van der Waals surface area (Å²) in [5, 5.41) is 10.5. The first-order valence-electron chi connectivity index (χ1n) is 6.32. The number of aliphatic hydroxyl groups is 1. The Morgan fingerprint density at radius 2 is 1.39 bits per heavy atom. The van der Waals surface area contributed by atoms with Crippen LogP contribution in [0, 0.1) is 0 Å². The largest absolute Gasteiger partial charge is 0.384 e. The highest BCUT2D eigenvalue weighted by molar-refractivity contribution is 5.39. The van der Waals surface area contributed by atoms with Crippen LogP contribution in [-0.2, 0) is 5.41 Å². The number of aliphatic hydroxyl groups excluding tert-OH is 1. The van der Waals surface area contributed by atoms with Gasteiger partial charge in [-0.15, -0.1) is 0 Å². The van der Waals surface area contributed by atoms with E-state index >= 15 is 0 Å². The van der Waals surface area contributed by atoms with Crippen molar-refractivity contribution >= 4 is 0 Å². The van der Waals surface area contributed by atoms with Gasteiger partial charge >= 0.3 is 0 Å². The van der Waals surface area contributed by atoms with Gasteiger partial charge in [0.2, 0.25) is 0 Å². The van der Waals surface area contributed by atoms with Gasteiger partial charge in [0.05, 0.1) is 0 Å². The van der Waals surface area contributed by atoms with Crippen molar-refractivity contribution in [2.24, 2.45) is 0 Å². The molecule has 0 aliphatic rings. The molecule has 0 saturated heterocycles. The molecule has 1 nitrogen and oxygen atoms in total. The Morgan fingerprint density at radius 1 is 0.833 bits per heavy atom. The van der Waals surface area contributed by atoms with Crippen LogP contribution in [0.3, 0.4) is 0 Å². The van der Waals surface area contributed by atoms with Gasteiger partial charge in [-0.3, -0.25) is 0 Å². The Morgan fingerprint density at radius 3 is 2.00 bits per heavy atom. The number of benzene rings is 2. The molecule has 0 saturated carbocycles. The van der Waals surface area contributed by atoms with Gasteiger partial charge in [-0.2, -0.15) is 0 Å². The maximum Gasteiger partial charge on any atom is 0.104 e. The molecule has 0 spiro atoms. The Hall–Kier alpha value is -1.60. The van der Waals surface area contributed by atoms with E-state index in [1.54, 1.807) is 0 Å². The molecule has 0 radical (unpaired) electrons. The second-order valence-electron chi connectivity index (χ2n) is 5.65. The molecule has 1 heteroatoms. The summed E-state index contributed by atoms with van der Waals surface area (Å²) >= 11 is 0. The van der Waals surface area contributed by atoms with E-state index in [2.05, 4.69) is 26.8 Å². The summed E-state index contributed by atoms with van der Waals surface area (Å²) in [6.45, 7) is 6.51. The van der Waals surface area contributed by atoms with Gasteiger partial charge < -0.3 is 5.11 Å². The lowest BCUT2D eigenvalue weighted by molar-refractivity contribution is 0.217. The third-order valence-corrected chi connectivity index (χ3v) is 3.18. The fraction of sp³-hybridized carbons (Fsp3) is 0.294. The van der Waals surface area contributed by atoms with Gasteiger partial charge in [-0.1, -0.05) is 75.4 Å². The first-order valence-corrected chi connectivity index (χ1v) is 6.32. The topological polar surface area (TPSA) is 20.2 Å². The summed E-state index contributed by atoms with van der Waals surface area (Å²) in [6, 6.07) is 17.9. The van der Waals surface area contributed by atoms with Crippen molar-refractivity contribution in [2.75, 3.05) is 0 Å². The van der Waals surface area contributed by atoms with Crippen LogP contribution in [0.5, 0.6) is 0 Å². The van der Waals surface area contributed by atoms with Crippen LogP contribution in [0.15, 0.2) is 54.6 Å². The molecule has 0 aliphatic heterocycles. The lowest BCUT2D eigenvalue weighted by Crippen LogP contribution is -2.16. The Balaban J connectivity index is 2.46. The molecule has 0 amide bonds. The highest BCUT2D eigenvalue weighted by Crippen LogP contribution is 2.32. The fourth-order valence-electron chi connectivity index (χ4n) is 2.23. The first-order chi connectivity index (χ1) is 8.50. The molecule has 0 fully saturated rings.